The van der Waals surface area contributed by atoms with Crippen LogP contribution in [0.25, 0.3) is 11.0 Å². The van der Waals surface area contributed by atoms with E-state index in [4.69, 9.17) is 0 Å². The van der Waals surface area contributed by atoms with E-state index in [1.54, 1.807) is 28.6 Å². The number of thiazole rings is 1. The Labute approximate surface area is 164 Å². The number of carbonyl (C=O) groups excluding carboxylic acids is 2. The minimum absolute atomic E-state index is 0.0668. The third-order valence-electron chi connectivity index (χ3n) is 4.85. The Balaban J connectivity index is 1.47. The highest BCUT2D eigenvalue weighted by Crippen LogP contribution is 2.20. The molecule has 2 aromatic heterocycles. The molecule has 28 heavy (non-hydrogen) atoms. The number of amides is 2. The molecule has 1 aromatic carbocycles. The maximum atomic E-state index is 12.9. The van der Waals surface area contributed by atoms with Crippen LogP contribution >= 0.6 is 11.3 Å². The first-order chi connectivity index (χ1) is 13.6. The fourth-order valence-electron chi connectivity index (χ4n) is 3.42. The van der Waals surface area contributed by atoms with Gasteiger partial charge in [-0.15, -0.1) is 11.3 Å². The lowest BCUT2D eigenvalue weighted by Gasteiger charge is -2.32. The van der Waals surface area contributed by atoms with Gasteiger partial charge in [0.1, 0.15) is 6.54 Å². The number of aromatic nitrogens is 3. The first kappa shape index (κ1) is 18.3. The van der Waals surface area contributed by atoms with Gasteiger partial charge in [-0.1, -0.05) is 12.1 Å². The van der Waals surface area contributed by atoms with Crippen LogP contribution in [-0.4, -0.2) is 44.3 Å². The van der Waals surface area contributed by atoms with Crippen molar-refractivity contribution in [2.45, 2.75) is 19.4 Å². The predicted molar refractivity (Wildman–Crippen MR) is 106 cm³/mol. The van der Waals surface area contributed by atoms with Crippen LogP contribution in [0, 0.1) is 5.92 Å². The monoisotopic (exact) mass is 397 g/mol. The van der Waals surface area contributed by atoms with E-state index in [9.17, 15) is 14.4 Å². The summed E-state index contributed by atoms with van der Waals surface area (Å²) in [4.78, 5) is 47.4. The molecule has 1 aliphatic rings. The second kappa shape index (κ2) is 7.89. The van der Waals surface area contributed by atoms with Gasteiger partial charge in [0.05, 0.1) is 23.1 Å². The third-order valence-corrected chi connectivity index (χ3v) is 5.54. The Morgan fingerprint density at radius 1 is 1.25 bits per heavy atom. The van der Waals surface area contributed by atoms with Gasteiger partial charge >= 0.3 is 0 Å². The topological polar surface area (TPSA) is 97.2 Å². The van der Waals surface area contributed by atoms with Gasteiger partial charge in [-0.2, -0.15) is 0 Å². The number of para-hydroxylation sites is 2. The maximum Gasteiger partial charge on any atom is 0.269 e. The molecule has 144 valence electrons. The van der Waals surface area contributed by atoms with Crippen molar-refractivity contribution in [3.8, 4) is 0 Å². The van der Waals surface area contributed by atoms with Crippen molar-refractivity contribution < 1.29 is 9.59 Å². The Kier molecular flexibility index (Phi) is 5.16. The number of carbonyl (C=O) groups is 2. The van der Waals surface area contributed by atoms with Gasteiger partial charge in [0.15, 0.2) is 5.13 Å². The molecule has 0 aliphatic carbocycles. The second-order valence-electron chi connectivity index (χ2n) is 6.68. The van der Waals surface area contributed by atoms with Gasteiger partial charge in [-0.05, 0) is 25.0 Å². The van der Waals surface area contributed by atoms with Gasteiger partial charge in [-0.3, -0.25) is 19.0 Å². The summed E-state index contributed by atoms with van der Waals surface area (Å²) in [5.41, 5.74) is 0.967. The minimum Gasteiger partial charge on any atom is -0.340 e. The molecule has 8 nitrogen and oxygen atoms in total. The normalized spacial score (nSPS) is 16.9. The summed E-state index contributed by atoms with van der Waals surface area (Å²) in [6.45, 7) is 0.855. The van der Waals surface area contributed by atoms with Crippen LogP contribution in [0.5, 0.6) is 0 Å². The Hall–Kier alpha value is -3.07. The van der Waals surface area contributed by atoms with Gasteiger partial charge in [0.25, 0.3) is 5.56 Å². The molecule has 1 aliphatic heterocycles. The van der Waals surface area contributed by atoms with Crippen molar-refractivity contribution >= 4 is 39.3 Å². The highest BCUT2D eigenvalue weighted by molar-refractivity contribution is 7.13. The zero-order valence-corrected chi connectivity index (χ0v) is 15.9. The van der Waals surface area contributed by atoms with Crippen LogP contribution in [0.3, 0.4) is 0 Å². The van der Waals surface area contributed by atoms with Crippen LogP contribution < -0.4 is 10.9 Å². The van der Waals surface area contributed by atoms with E-state index in [0.29, 0.717) is 29.3 Å². The van der Waals surface area contributed by atoms with E-state index in [1.165, 1.54) is 22.1 Å². The Morgan fingerprint density at radius 3 is 2.93 bits per heavy atom. The average molecular weight is 397 g/mol. The van der Waals surface area contributed by atoms with Gasteiger partial charge < -0.3 is 10.2 Å². The van der Waals surface area contributed by atoms with E-state index < -0.39 is 0 Å². The van der Waals surface area contributed by atoms with Gasteiger partial charge in [0.2, 0.25) is 11.8 Å². The molecule has 3 heterocycles. The maximum absolute atomic E-state index is 12.9. The molecule has 0 spiro atoms. The minimum atomic E-state index is -0.317. The number of fused-ring (bicyclic) bond motifs is 1. The van der Waals surface area contributed by atoms with Gasteiger partial charge in [-0.25, -0.2) is 9.97 Å². The SMILES string of the molecule is O=C(Nc1nccs1)C1CCCN(C(=O)Cn2c(=O)cnc3ccccc32)C1. The third kappa shape index (κ3) is 3.79. The van der Waals surface area contributed by atoms with Gasteiger partial charge in [0, 0.05) is 24.7 Å². The number of piperidine rings is 1. The molecule has 0 radical (unpaired) electrons. The van der Waals surface area contributed by atoms with Crippen LogP contribution in [0.15, 0.2) is 46.8 Å². The van der Waals surface area contributed by atoms with Crippen LogP contribution in [-0.2, 0) is 16.1 Å². The number of anilines is 1. The fourth-order valence-corrected chi connectivity index (χ4v) is 3.96. The number of hydrogen-bond acceptors (Lipinski definition) is 6. The van der Waals surface area contributed by atoms with Crippen LogP contribution in [0.4, 0.5) is 5.13 Å². The zero-order chi connectivity index (χ0) is 19.5. The quantitative estimate of drug-likeness (QED) is 0.723. The number of benzene rings is 1. The number of nitrogens with zero attached hydrogens (tertiary/aromatic N) is 4. The summed E-state index contributed by atoms with van der Waals surface area (Å²) in [6, 6.07) is 7.22. The first-order valence-electron chi connectivity index (χ1n) is 9.04. The summed E-state index contributed by atoms with van der Waals surface area (Å²) in [5.74, 6) is -0.586. The lowest BCUT2D eigenvalue weighted by atomic mass is 9.97. The van der Waals surface area contributed by atoms with E-state index in [0.717, 1.165) is 12.8 Å². The average Bonchev–Trinajstić information content (AvgIpc) is 3.23. The molecule has 4 rings (SSSR count). The number of likely N-dealkylation sites (tertiary alicyclic amines) is 1. The zero-order valence-electron chi connectivity index (χ0n) is 15.1. The first-order valence-corrected chi connectivity index (χ1v) is 9.92. The molecular weight excluding hydrogens is 378 g/mol. The van der Waals surface area contributed by atoms with Crippen molar-refractivity contribution in [3.05, 3.63) is 52.4 Å². The Bertz CT molecular complexity index is 1060. The van der Waals surface area contributed by atoms with Crippen molar-refractivity contribution in [1.82, 2.24) is 19.4 Å². The molecule has 1 unspecified atom stereocenters. The van der Waals surface area contributed by atoms with Crippen molar-refractivity contribution in [1.29, 1.82) is 0 Å². The molecule has 2 amide bonds. The summed E-state index contributed by atoms with van der Waals surface area (Å²) in [7, 11) is 0. The fraction of sp³-hybridized carbons (Fsp3) is 0.316. The standard InChI is InChI=1S/C19H19N5O3S/c25-16-10-21-14-5-1-2-6-15(14)24(16)12-17(26)23-8-3-4-13(11-23)18(27)22-19-20-7-9-28-19/h1-2,5-7,9-10,13H,3-4,8,11-12H2,(H,20,22,27). The molecule has 3 aromatic rings. The van der Waals surface area contributed by atoms with E-state index in [2.05, 4.69) is 15.3 Å². The molecule has 1 N–H and O–H groups in total. The highest BCUT2D eigenvalue weighted by atomic mass is 32.1. The number of rotatable bonds is 4. The molecule has 0 saturated carbocycles. The van der Waals surface area contributed by atoms with Crippen molar-refractivity contribution in [3.63, 3.8) is 0 Å². The number of hydrogen-bond donors (Lipinski definition) is 1. The number of nitrogens with one attached hydrogen (secondary N) is 1. The Morgan fingerprint density at radius 2 is 2.11 bits per heavy atom. The molecule has 1 atom stereocenters. The van der Waals surface area contributed by atoms with E-state index in [-0.39, 0.29) is 29.8 Å². The second-order valence-corrected chi connectivity index (χ2v) is 7.57. The van der Waals surface area contributed by atoms with Crippen LogP contribution in [0.1, 0.15) is 12.8 Å². The van der Waals surface area contributed by atoms with Crippen LogP contribution in [0.2, 0.25) is 0 Å². The highest BCUT2D eigenvalue weighted by Gasteiger charge is 2.29. The summed E-state index contributed by atoms with van der Waals surface area (Å²) < 4.78 is 1.43. The molecule has 1 fully saturated rings. The molecular formula is C19H19N5O3S. The lowest BCUT2D eigenvalue weighted by molar-refractivity contribution is -0.135. The molecule has 1 saturated heterocycles. The summed E-state index contributed by atoms with van der Waals surface area (Å²) in [5, 5.41) is 5.15. The predicted octanol–water partition coefficient (Wildman–Crippen LogP) is 1.73. The summed E-state index contributed by atoms with van der Waals surface area (Å²) >= 11 is 1.36. The summed E-state index contributed by atoms with van der Waals surface area (Å²) in [6.07, 6.45) is 4.33. The molecule has 0 bridgehead atoms. The van der Waals surface area contributed by atoms with Crippen molar-refractivity contribution in [2.75, 3.05) is 18.4 Å². The van der Waals surface area contributed by atoms with E-state index >= 15 is 0 Å². The lowest BCUT2D eigenvalue weighted by Crippen LogP contribution is -2.45. The smallest absolute Gasteiger partial charge is 0.269 e. The largest absolute Gasteiger partial charge is 0.340 e. The van der Waals surface area contributed by atoms with E-state index in [1.807, 2.05) is 12.1 Å². The molecule has 9 heteroatoms. The van der Waals surface area contributed by atoms with Crippen molar-refractivity contribution in [2.24, 2.45) is 5.92 Å².